The van der Waals surface area contributed by atoms with Gasteiger partial charge >= 0.3 is 6.18 Å². The summed E-state index contributed by atoms with van der Waals surface area (Å²) in [4.78, 5) is 1.99. The van der Waals surface area contributed by atoms with E-state index >= 15 is 0 Å². The van der Waals surface area contributed by atoms with Crippen LogP contribution in [0.5, 0.6) is 0 Å². The minimum absolute atomic E-state index is 0.105. The molecule has 0 aromatic rings. The zero-order chi connectivity index (χ0) is 10.6. The Morgan fingerprint density at radius 2 is 2.14 bits per heavy atom. The van der Waals surface area contributed by atoms with Gasteiger partial charge in [-0.05, 0) is 25.9 Å². The first-order chi connectivity index (χ1) is 6.54. The standard InChI is InChI=1S/C9H15F3N2/c10-9(11,12)8-2-6-14(7-3-8)5-1-4-13/h2H,1,3-7,13H2. The topological polar surface area (TPSA) is 29.3 Å². The fourth-order valence-electron chi connectivity index (χ4n) is 1.49. The van der Waals surface area contributed by atoms with Crippen molar-refractivity contribution in [3.05, 3.63) is 11.6 Å². The monoisotopic (exact) mass is 208 g/mol. The lowest BCUT2D eigenvalue weighted by molar-refractivity contribution is -0.0960. The van der Waals surface area contributed by atoms with Crippen LogP contribution < -0.4 is 5.73 Å². The number of nitrogens with two attached hydrogens (primary N) is 1. The highest BCUT2D eigenvalue weighted by Gasteiger charge is 2.34. The van der Waals surface area contributed by atoms with Crippen molar-refractivity contribution in [2.45, 2.75) is 19.0 Å². The van der Waals surface area contributed by atoms with Crippen molar-refractivity contribution in [2.24, 2.45) is 5.73 Å². The third-order valence-corrected chi connectivity index (χ3v) is 2.34. The van der Waals surface area contributed by atoms with E-state index in [1.807, 2.05) is 4.90 Å². The van der Waals surface area contributed by atoms with Crippen LogP contribution in [0.25, 0.3) is 0 Å². The molecule has 0 saturated heterocycles. The average Bonchev–Trinajstić information content (AvgIpc) is 2.14. The number of hydrogen-bond donors (Lipinski definition) is 1. The average molecular weight is 208 g/mol. The highest BCUT2D eigenvalue weighted by Crippen LogP contribution is 2.29. The molecule has 0 fully saturated rings. The minimum Gasteiger partial charge on any atom is -0.330 e. The Bertz CT molecular complexity index is 211. The van der Waals surface area contributed by atoms with Crippen molar-refractivity contribution < 1.29 is 13.2 Å². The van der Waals surface area contributed by atoms with Gasteiger partial charge in [0, 0.05) is 18.7 Å². The smallest absolute Gasteiger partial charge is 0.330 e. The van der Waals surface area contributed by atoms with Gasteiger partial charge in [0.2, 0.25) is 0 Å². The van der Waals surface area contributed by atoms with Gasteiger partial charge in [-0.1, -0.05) is 6.08 Å². The molecule has 0 amide bonds. The second-order valence-corrected chi connectivity index (χ2v) is 3.42. The molecule has 1 heterocycles. The maximum atomic E-state index is 12.2. The van der Waals surface area contributed by atoms with Crippen LogP contribution in [0.15, 0.2) is 11.6 Å². The summed E-state index contributed by atoms with van der Waals surface area (Å²) in [7, 11) is 0. The summed E-state index contributed by atoms with van der Waals surface area (Å²) in [6, 6.07) is 0. The van der Waals surface area contributed by atoms with E-state index in [0.717, 1.165) is 13.0 Å². The van der Waals surface area contributed by atoms with Crippen molar-refractivity contribution >= 4 is 0 Å². The molecule has 5 heteroatoms. The molecule has 0 radical (unpaired) electrons. The number of alkyl halides is 3. The molecule has 1 aliphatic heterocycles. The zero-order valence-corrected chi connectivity index (χ0v) is 7.98. The summed E-state index contributed by atoms with van der Waals surface area (Å²) >= 11 is 0. The molecule has 14 heavy (non-hydrogen) atoms. The third-order valence-electron chi connectivity index (χ3n) is 2.34. The van der Waals surface area contributed by atoms with Gasteiger partial charge in [0.25, 0.3) is 0 Å². The molecule has 82 valence electrons. The summed E-state index contributed by atoms with van der Waals surface area (Å²) in [5, 5.41) is 0. The number of nitrogens with zero attached hydrogens (tertiary/aromatic N) is 1. The largest absolute Gasteiger partial charge is 0.412 e. The van der Waals surface area contributed by atoms with Crippen molar-refractivity contribution in [2.75, 3.05) is 26.2 Å². The molecule has 0 unspecified atom stereocenters. The predicted molar refractivity (Wildman–Crippen MR) is 48.9 cm³/mol. The Labute approximate surface area is 81.6 Å². The molecule has 0 spiro atoms. The molecular weight excluding hydrogens is 193 g/mol. The summed E-state index contributed by atoms with van der Waals surface area (Å²) in [6.45, 7) is 2.27. The first-order valence-corrected chi connectivity index (χ1v) is 4.72. The molecule has 0 aromatic heterocycles. The van der Waals surface area contributed by atoms with E-state index in [1.165, 1.54) is 6.08 Å². The Balaban J connectivity index is 2.39. The van der Waals surface area contributed by atoms with E-state index in [9.17, 15) is 13.2 Å². The maximum Gasteiger partial charge on any atom is 0.412 e. The zero-order valence-electron chi connectivity index (χ0n) is 7.98. The lowest BCUT2D eigenvalue weighted by Crippen LogP contribution is -2.33. The SMILES string of the molecule is NCCCN1CC=C(C(F)(F)F)CC1. The lowest BCUT2D eigenvalue weighted by atomic mass is 10.1. The van der Waals surface area contributed by atoms with E-state index in [1.54, 1.807) is 0 Å². The summed E-state index contributed by atoms with van der Waals surface area (Å²) < 4.78 is 36.6. The van der Waals surface area contributed by atoms with Gasteiger partial charge in [-0.15, -0.1) is 0 Å². The van der Waals surface area contributed by atoms with Crippen LogP contribution >= 0.6 is 0 Å². The summed E-state index contributed by atoms with van der Waals surface area (Å²) in [6.07, 6.45) is -1.91. The fraction of sp³-hybridized carbons (Fsp3) is 0.778. The Kier molecular flexibility index (Phi) is 3.95. The molecular formula is C9H15F3N2. The number of hydrogen-bond acceptors (Lipinski definition) is 2. The normalized spacial score (nSPS) is 19.6. The molecule has 0 saturated carbocycles. The third kappa shape index (κ3) is 3.31. The first-order valence-electron chi connectivity index (χ1n) is 4.72. The molecule has 2 N–H and O–H groups in total. The summed E-state index contributed by atoms with van der Waals surface area (Å²) in [5.74, 6) is 0. The van der Waals surface area contributed by atoms with Crippen LogP contribution in [0.2, 0.25) is 0 Å². The van der Waals surface area contributed by atoms with Gasteiger partial charge in [0.15, 0.2) is 0 Å². The van der Waals surface area contributed by atoms with Crippen LogP contribution in [0, 0.1) is 0 Å². The molecule has 0 atom stereocenters. The van der Waals surface area contributed by atoms with Gasteiger partial charge in [-0.3, -0.25) is 4.90 Å². The van der Waals surface area contributed by atoms with E-state index in [4.69, 9.17) is 5.73 Å². The Morgan fingerprint density at radius 1 is 1.43 bits per heavy atom. The second kappa shape index (κ2) is 4.79. The summed E-state index contributed by atoms with van der Waals surface area (Å²) in [5.41, 5.74) is 4.93. The van der Waals surface area contributed by atoms with E-state index in [0.29, 0.717) is 19.6 Å². The van der Waals surface area contributed by atoms with Crippen LogP contribution in [-0.4, -0.2) is 37.3 Å². The van der Waals surface area contributed by atoms with Crippen LogP contribution in [0.3, 0.4) is 0 Å². The molecule has 1 aliphatic rings. The van der Waals surface area contributed by atoms with Gasteiger partial charge < -0.3 is 5.73 Å². The van der Waals surface area contributed by atoms with Crippen LogP contribution in [-0.2, 0) is 0 Å². The van der Waals surface area contributed by atoms with Crippen molar-refractivity contribution in [3.8, 4) is 0 Å². The van der Waals surface area contributed by atoms with Crippen LogP contribution in [0.4, 0.5) is 13.2 Å². The highest BCUT2D eigenvalue weighted by molar-refractivity contribution is 5.12. The van der Waals surface area contributed by atoms with E-state index < -0.39 is 6.18 Å². The lowest BCUT2D eigenvalue weighted by Gasteiger charge is -2.26. The fourth-order valence-corrected chi connectivity index (χ4v) is 1.49. The van der Waals surface area contributed by atoms with E-state index in [2.05, 4.69) is 0 Å². The maximum absolute atomic E-state index is 12.2. The van der Waals surface area contributed by atoms with Gasteiger partial charge in [-0.25, -0.2) is 0 Å². The second-order valence-electron chi connectivity index (χ2n) is 3.42. The number of halogens is 3. The molecule has 1 rings (SSSR count). The minimum atomic E-state index is -4.14. The quantitative estimate of drug-likeness (QED) is 0.713. The molecule has 0 aromatic carbocycles. The predicted octanol–water partition coefficient (Wildman–Crippen LogP) is 1.53. The molecule has 0 bridgehead atoms. The Hall–Kier alpha value is -0.550. The van der Waals surface area contributed by atoms with Crippen LogP contribution in [0.1, 0.15) is 12.8 Å². The van der Waals surface area contributed by atoms with Gasteiger partial charge in [0.1, 0.15) is 0 Å². The van der Waals surface area contributed by atoms with Gasteiger partial charge in [0.05, 0.1) is 0 Å². The number of rotatable bonds is 3. The first kappa shape index (κ1) is 11.5. The Morgan fingerprint density at radius 3 is 2.57 bits per heavy atom. The van der Waals surface area contributed by atoms with Gasteiger partial charge in [-0.2, -0.15) is 13.2 Å². The highest BCUT2D eigenvalue weighted by atomic mass is 19.4. The van der Waals surface area contributed by atoms with Crippen molar-refractivity contribution in [3.63, 3.8) is 0 Å². The molecule has 2 nitrogen and oxygen atoms in total. The van der Waals surface area contributed by atoms with Crippen molar-refractivity contribution in [1.29, 1.82) is 0 Å². The van der Waals surface area contributed by atoms with E-state index in [-0.39, 0.29) is 12.0 Å². The van der Waals surface area contributed by atoms with Crippen molar-refractivity contribution in [1.82, 2.24) is 4.90 Å². The molecule has 0 aliphatic carbocycles.